The zero-order valence-corrected chi connectivity index (χ0v) is 22.4. The van der Waals surface area contributed by atoms with E-state index in [-0.39, 0.29) is 17.1 Å². The Labute approximate surface area is 221 Å². The molecule has 3 aromatic carbocycles. The summed E-state index contributed by atoms with van der Waals surface area (Å²) in [6.07, 6.45) is 0. The highest BCUT2D eigenvalue weighted by Crippen LogP contribution is 2.30. The van der Waals surface area contributed by atoms with E-state index in [1.165, 1.54) is 47.4 Å². The summed E-state index contributed by atoms with van der Waals surface area (Å²) in [6.45, 7) is 4.80. The van der Waals surface area contributed by atoms with Crippen LogP contribution in [0, 0.1) is 12.7 Å². The number of hydrogen-bond donors (Lipinski definition) is 1. The van der Waals surface area contributed by atoms with Crippen molar-refractivity contribution in [2.24, 2.45) is 0 Å². The molecule has 10 heteroatoms. The third-order valence-electron chi connectivity index (χ3n) is 5.83. The molecule has 1 N–H and O–H groups in total. The Kier molecular flexibility index (Phi) is 9.29. The number of carbonyl (C=O) groups is 2. The van der Waals surface area contributed by atoms with Crippen molar-refractivity contribution in [3.63, 3.8) is 0 Å². The number of hydrogen-bond acceptors (Lipinski definition) is 4. The number of benzene rings is 3. The van der Waals surface area contributed by atoms with Crippen LogP contribution < -0.4 is 9.62 Å². The average Bonchev–Trinajstić information content (AvgIpc) is 2.88. The Balaban J connectivity index is 2.05. The molecule has 0 aliphatic rings. The normalized spacial score (nSPS) is 12.0. The van der Waals surface area contributed by atoms with Gasteiger partial charge in [0.2, 0.25) is 11.8 Å². The molecule has 0 spiro atoms. The SMILES string of the molecule is CCNC(=O)[C@H](C)N(Cc1ccc(F)cc1)C(=O)CN(c1cc(Cl)ccc1C)S(=O)(=O)c1ccccc1. The predicted molar refractivity (Wildman–Crippen MR) is 142 cm³/mol. The maximum Gasteiger partial charge on any atom is 0.264 e. The largest absolute Gasteiger partial charge is 0.355 e. The Bertz CT molecular complexity index is 1350. The summed E-state index contributed by atoms with van der Waals surface area (Å²) in [4.78, 5) is 27.7. The summed E-state index contributed by atoms with van der Waals surface area (Å²) >= 11 is 6.20. The first kappa shape index (κ1) is 28.1. The second kappa shape index (κ2) is 12.2. The van der Waals surface area contributed by atoms with E-state index in [1.807, 2.05) is 0 Å². The lowest BCUT2D eigenvalue weighted by Gasteiger charge is -2.32. The molecule has 0 heterocycles. The van der Waals surface area contributed by atoms with Gasteiger partial charge in [0.25, 0.3) is 10.0 Å². The number of nitrogens with zero attached hydrogens (tertiary/aromatic N) is 2. The van der Waals surface area contributed by atoms with Crippen LogP contribution >= 0.6 is 11.6 Å². The predicted octanol–water partition coefficient (Wildman–Crippen LogP) is 4.54. The van der Waals surface area contributed by atoms with Crippen LogP contribution in [-0.4, -0.2) is 44.3 Å². The Morgan fingerprint density at radius 1 is 1.03 bits per heavy atom. The smallest absolute Gasteiger partial charge is 0.264 e. The minimum absolute atomic E-state index is 0.00374. The minimum Gasteiger partial charge on any atom is -0.355 e. The molecule has 0 unspecified atom stereocenters. The van der Waals surface area contributed by atoms with Gasteiger partial charge in [0.15, 0.2) is 0 Å². The number of amides is 2. The lowest BCUT2D eigenvalue weighted by molar-refractivity contribution is -0.139. The topological polar surface area (TPSA) is 86.8 Å². The maximum atomic E-state index is 13.8. The van der Waals surface area contributed by atoms with E-state index in [0.29, 0.717) is 22.7 Å². The fourth-order valence-electron chi connectivity index (χ4n) is 3.78. The van der Waals surface area contributed by atoms with Gasteiger partial charge in [-0.2, -0.15) is 0 Å². The molecule has 37 heavy (non-hydrogen) atoms. The molecule has 1 atom stereocenters. The second-order valence-corrected chi connectivity index (χ2v) is 10.8. The van der Waals surface area contributed by atoms with Crippen LogP contribution in [0.1, 0.15) is 25.0 Å². The lowest BCUT2D eigenvalue weighted by atomic mass is 10.1. The third kappa shape index (κ3) is 6.87. The van der Waals surface area contributed by atoms with Gasteiger partial charge in [-0.1, -0.05) is 48.0 Å². The number of sulfonamides is 1. The number of rotatable bonds is 10. The van der Waals surface area contributed by atoms with E-state index in [2.05, 4.69) is 5.32 Å². The number of likely N-dealkylation sites (N-methyl/N-ethyl adjacent to an activating group) is 1. The van der Waals surface area contributed by atoms with Crippen molar-refractivity contribution in [2.45, 2.75) is 38.3 Å². The van der Waals surface area contributed by atoms with Crippen LogP contribution in [0.5, 0.6) is 0 Å². The van der Waals surface area contributed by atoms with Crippen molar-refractivity contribution in [3.05, 3.63) is 94.8 Å². The molecule has 0 saturated carbocycles. The number of nitrogens with one attached hydrogen (secondary N) is 1. The van der Waals surface area contributed by atoms with E-state index >= 15 is 0 Å². The van der Waals surface area contributed by atoms with E-state index in [0.717, 1.165) is 4.31 Å². The highest BCUT2D eigenvalue weighted by molar-refractivity contribution is 7.92. The summed E-state index contributed by atoms with van der Waals surface area (Å²) in [6, 6.07) is 17.2. The lowest BCUT2D eigenvalue weighted by Crippen LogP contribution is -2.51. The summed E-state index contributed by atoms with van der Waals surface area (Å²) in [5.74, 6) is -1.44. The van der Waals surface area contributed by atoms with E-state index < -0.39 is 40.2 Å². The zero-order valence-electron chi connectivity index (χ0n) is 20.8. The van der Waals surface area contributed by atoms with Gasteiger partial charge >= 0.3 is 0 Å². The average molecular weight is 546 g/mol. The van der Waals surface area contributed by atoms with Gasteiger partial charge < -0.3 is 10.2 Å². The van der Waals surface area contributed by atoms with Crippen LogP contribution in [0.3, 0.4) is 0 Å². The number of halogens is 2. The first-order chi connectivity index (χ1) is 17.5. The van der Waals surface area contributed by atoms with Gasteiger partial charge in [-0.05, 0) is 68.3 Å². The van der Waals surface area contributed by atoms with Crippen molar-refractivity contribution in [1.82, 2.24) is 10.2 Å². The van der Waals surface area contributed by atoms with Crippen LogP contribution in [0.15, 0.2) is 77.7 Å². The van der Waals surface area contributed by atoms with Crippen LogP contribution in [0.4, 0.5) is 10.1 Å². The molecule has 0 radical (unpaired) electrons. The molecular weight excluding hydrogens is 517 g/mol. The van der Waals surface area contributed by atoms with E-state index in [4.69, 9.17) is 11.6 Å². The summed E-state index contributed by atoms with van der Waals surface area (Å²) in [5.41, 5.74) is 1.43. The van der Waals surface area contributed by atoms with E-state index in [1.54, 1.807) is 51.1 Å². The molecular formula is C27H29ClFN3O4S. The van der Waals surface area contributed by atoms with Gasteiger partial charge in [0.05, 0.1) is 10.6 Å². The number of carbonyl (C=O) groups excluding carboxylic acids is 2. The Morgan fingerprint density at radius 2 is 1.68 bits per heavy atom. The minimum atomic E-state index is -4.18. The fraction of sp³-hybridized carbons (Fsp3) is 0.259. The molecule has 0 aromatic heterocycles. The molecule has 7 nitrogen and oxygen atoms in total. The first-order valence-electron chi connectivity index (χ1n) is 11.7. The van der Waals surface area contributed by atoms with Crippen molar-refractivity contribution >= 4 is 39.1 Å². The van der Waals surface area contributed by atoms with Crippen molar-refractivity contribution in [1.29, 1.82) is 0 Å². The Hall–Kier alpha value is -3.43. The second-order valence-electron chi connectivity index (χ2n) is 8.47. The van der Waals surface area contributed by atoms with Crippen LogP contribution in [0.25, 0.3) is 0 Å². The maximum absolute atomic E-state index is 13.8. The highest BCUT2D eigenvalue weighted by Gasteiger charge is 2.33. The molecule has 2 amide bonds. The van der Waals surface area contributed by atoms with Gasteiger partial charge in [-0.15, -0.1) is 0 Å². The molecule has 3 rings (SSSR count). The molecule has 0 aliphatic carbocycles. The molecule has 3 aromatic rings. The van der Waals surface area contributed by atoms with Crippen molar-refractivity contribution in [3.8, 4) is 0 Å². The van der Waals surface area contributed by atoms with Crippen molar-refractivity contribution in [2.75, 3.05) is 17.4 Å². The quantitative estimate of drug-likeness (QED) is 0.405. The first-order valence-corrected chi connectivity index (χ1v) is 13.5. The summed E-state index contributed by atoms with van der Waals surface area (Å²) < 4.78 is 42.0. The van der Waals surface area contributed by atoms with Gasteiger partial charge in [0, 0.05) is 18.1 Å². The standard InChI is InChI=1S/C27H29ClFN3O4S/c1-4-30-27(34)20(3)31(17-21-11-14-23(29)15-12-21)26(33)18-32(25-16-22(28)13-10-19(25)2)37(35,36)24-8-6-5-7-9-24/h5-16,20H,4,17-18H2,1-3H3,(H,30,34)/t20-/m0/s1. The molecule has 0 aliphatic heterocycles. The Morgan fingerprint density at radius 3 is 2.30 bits per heavy atom. The highest BCUT2D eigenvalue weighted by atomic mass is 35.5. The third-order valence-corrected chi connectivity index (χ3v) is 7.84. The number of anilines is 1. The van der Waals surface area contributed by atoms with E-state index in [9.17, 15) is 22.4 Å². The van der Waals surface area contributed by atoms with Gasteiger partial charge in [-0.3, -0.25) is 13.9 Å². The molecule has 0 fully saturated rings. The monoisotopic (exact) mass is 545 g/mol. The van der Waals surface area contributed by atoms with Crippen LogP contribution in [-0.2, 0) is 26.2 Å². The summed E-state index contributed by atoms with van der Waals surface area (Å²) in [7, 11) is -4.18. The molecule has 0 bridgehead atoms. The molecule has 196 valence electrons. The van der Waals surface area contributed by atoms with Gasteiger partial charge in [-0.25, -0.2) is 12.8 Å². The van der Waals surface area contributed by atoms with Gasteiger partial charge in [0.1, 0.15) is 18.4 Å². The fourth-order valence-corrected chi connectivity index (χ4v) is 5.43. The molecule has 0 saturated heterocycles. The summed E-state index contributed by atoms with van der Waals surface area (Å²) in [5, 5.41) is 3.00. The van der Waals surface area contributed by atoms with Crippen LogP contribution in [0.2, 0.25) is 5.02 Å². The zero-order chi connectivity index (χ0) is 27.2. The number of aryl methyl sites for hydroxylation is 1. The van der Waals surface area contributed by atoms with Crippen molar-refractivity contribution < 1.29 is 22.4 Å².